The Hall–Kier alpha value is -3.40. The first kappa shape index (κ1) is 20.2. The fraction of sp³-hybridized carbons (Fsp3) is 0.478. The highest BCUT2D eigenvalue weighted by atomic mass is 16.8. The molecule has 2 unspecified atom stereocenters. The monoisotopic (exact) mass is 449 g/mol. The van der Waals surface area contributed by atoms with E-state index in [1.54, 1.807) is 6.20 Å². The van der Waals surface area contributed by atoms with Gasteiger partial charge in [0.1, 0.15) is 18.2 Å². The van der Waals surface area contributed by atoms with Gasteiger partial charge in [-0.15, -0.1) is 0 Å². The number of hydrogen-bond acceptors (Lipinski definition) is 9. The Bertz CT molecular complexity index is 1170. The number of cyclic esters (lactones) is 2. The normalized spacial score (nSPS) is 26.9. The highest BCUT2D eigenvalue weighted by Gasteiger charge is 2.43. The van der Waals surface area contributed by atoms with E-state index >= 15 is 0 Å². The maximum Gasteiger partial charge on any atom is 0.508 e. The molecule has 3 aromatic heterocycles. The second kappa shape index (κ2) is 8.18. The van der Waals surface area contributed by atoms with Crippen molar-refractivity contribution >= 4 is 34.5 Å². The molecule has 0 aliphatic carbocycles. The lowest BCUT2D eigenvalue weighted by molar-refractivity contribution is 0.0646. The summed E-state index contributed by atoms with van der Waals surface area (Å²) >= 11 is 0. The molecule has 3 aliphatic heterocycles. The number of hydrogen-bond donors (Lipinski definition) is 3. The zero-order valence-corrected chi connectivity index (χ0v) is 18.5. The smallest absolute Gasteiger partial charge is 0.430 e. The largest absolute Gasteiger partial charge is 0.508 e. The average molecular weight is 450 g/mol. The Balaban J connectivity index is 1.20. The number of anilines is 3. The molecule has 10 heteroatoms. The van der Waals surface area contributed by atoms with E-state index in [1.807, 2.05) is 25.1 Å². The first-order valence-corrected chi connectivity index (χ1v) is 11.5. The van der Waals surface area contributed by atoms with Crippen LogP contribution in [0.15, 0.2) is 30.5 Å². The minimum absolute atomic E-state index is 0.157. The number of rotatable bonds is 6. The molecule has 172 valence electrons. The van der Waals surface area contributed by atoms with Crippen molar-refractivity contribution in [2.45, 2.75) is 56.8 Å². The van der Waals surface area contributed by atoms with Crippen molar-refractivity contribution in [3.63, 3.8) is 0 Å². The van der Waals surface area contributed by atoms with Crippen molar-refractivity contribution in [1.82, 2.24) is 25.1 Å². The molecule has 3 aliphatic rings. The number of ether oxygens (including phenoxy) is 2. The molecule has 0 spiro atoms. The highest BCUT2D eigenvalue weighted by molar-refractivity contribution is 5.91. The Morgan fingerprint density at radius 3 is 2.79 bits per heavy atom. The van der Waals surface area contributed by atoms with E-state index in [1.165, 1.54) is 12.8 Å². The van der Waals surface area contributed by atoms with Crippen LogP contribution in [0.1, 0.15) is 31.4 Å². The second-order valence-electron chi connectivity index (χ2n) is 9.18. The van der Waals surface area contributed by atoms with Crippen LogP contribution in [-0.2, 0) is 9.47 Å². The predicted molar refractivity (Wildman–Crippen MR) is 123 cm³/mol. The molecular formula is C23H27N7O3. The summed E-state index contributed by atoms with van der Waals surface area (Å²) < 4.78 is 10.2. The SMILES string of the molecule is Cc1cc(Nc2cc3ncccc3c(NC3C[C@H]4CC[C@@H](C3)N4CC3COC(=O)O3)n2)n[nH]1. The number of pyridine rings is 2. The lowest BCUT2D eigenvalue weighted by Crippen LogP contribution is -2.49. The summed E-state index contributed by atoms with van der Waals surface area (Å²) in [5.74, 6) is 2.27. The van der Waals surface area contributed by atoms with E-state index in [9.17, 15) is 4.79 Å². The van der Waals surface area contributed by atoms with Crippen LogP contribution in [0.2, 0.25) is 0 Å². The van der Waals surface area contributed by atoms with Crippen molar-refractivity contribution in [3.05, 3.63) is 36.2 Å². The number of piperidine rings is 1. The molecule has 4 atom stereocenters. The molecule has 0 saturated carbocycles. The Kier molecular flexibility index (Phi) is 5.01. The zero-order chi connectivity index (χ0) is 22.4. The molecule has 6 heterocycles. The van der Waals surface area contributed by atoms with E-state index in [0.29, 0.717) is 30.6 Å². The number of aromatic amines is 1. The van der Waals surface area contributed by atoms with Crippen LogP contribution in [0.3, 0.4) is 0 Å². The van der Waals surface area contributed by atoms with Gasteiger partial charge in [-0.1, -0.05) is 0 Å². The van der Waals surface area contributed by atoms with Gasteiger partial charge in [-0.05, 0) is 44.7 Å². The lowest BCUT2D eigenvalue weighted by Gasteiger charge is -2.40. The molecule has 0 aromatic carbocycles. The average Bonchev–Trinajstić information content (AvgIpc) is 3.46. The van der Waals surface area contributed by atoms with Crippen LogP contribution in [0.5, 0.6) is 0 Å². The maximum atomic E-state index is 11.3. The standard InChI is InChI=1S/C23H27N7O3/c1-13-7-21(29-28-13)26-20-10-19-18(3-2-6-24-19)22(27-20)25-14-8-15-4-5-16(9-14)30(15)11-17-12-32-23(31)33-17/h2-3,6-7,10,14-17H,4-5,8-9,11-12H2,1H3,(H3,25,26,27,28,29)/t14?,15-,16+,17?. The van der Waals surface area contributed by atoms with Crippen molar-refractivity contribution in [2.75, 3.05) is 23.8 Å². The lowest BCUT2D eigenvalue weighted by atomic mass is 9.96. The van der Waals surface area contributed by atoms with Gasteiger partial charge in [0.15, 0.2) is 11.9 Å². The molecule has 2 bridgehead atoms. The van der Waals surface area contributed by atoms with Gasteiger partial charge >= 0.3 is 6.16 Å². The predicted octanol–water partition coefficient (Wildman–Crippen LogP) is 3.35. The van der Waals surface area contributed by atoms with Crippen molar-refractivity contribution < 1.29 is 14.3 Å². The highest BCUT2D eigenvalue weighted by Crippen LogP contribution is 2.38. The van der Waals surface area contributed by atoms with E-state index < -0.39 is 6.16 Å². The van der Waals surface area contributed by atoms with Crippen LogP contribution in [0.25, 0.3) is 10.9 Å². The molecule has 3 aromatic rings. The van der Waals surface area contributed by atoms with Gasteiger partial charge < -0.3 is 20.1 Å². The number of nitrogens with zero attached hydrogens (tertiary/aromatic N) is 4. The third-order valence-corrected chi connectivity index (χ3v) is 6.85. The van der Waals surface area contributed by atoms with E-state index in [-0.39, 0.29) is 6.10 Å². The first-order valence-electron chi connectivity index (χ1n) is 11.5. The van der Waals surface area contributed by atoms with Crippen LogP contribution in [0, 0.1) is 6.92 Å². The van der Waals surface area contributed by atoms with E-state index in [2.05, 4.69) is 36.8 Å². The summed E-state index contributed by atoms with van der Waals surface area (Å²) in [6, 6.07) is 9.14. The quantitative estimate of drug-likeness (QED) is 0.487. The molecule has 3 saturated heterocycles. The third-order valence-electron chi connectivity index (χ3n) is 6.85. The van der Waals surface area contributed by atoms with Gasteiger partial charge in [-0.2, -0.15) is 5.10 Å². The Morgan fingerprint density at radius 1 is 1.21 bits per heavy atom. The number of carbonyl (C=O) groups is 1. The third kappa shape index (κ3) is 4.06. The fourth-order valence-electron chi connectivity index (χ4n) is 5.44. The fourth-order valence-corrected chi connectivity index (χ4v) is 5.44. The van der Waals surface area contributed by atoms with Gasteiger partial charge in [0.25, 0.3) is 0 Å². The number of aryl methyl sites for hydroxylation is 1. The number of fused-ring (bicyclic) bond motifs is 3. The first-order chi connectivity index (χ1) is 16.1. The summed E-state index contributed by atoms with van der Waals surface area (Å²) in [6.45, 7) is 3.07. The molecule has 0 radical (unpaired) electrons. The molecule has 33 heavy (non-hydrogen) atoms. The van der Waals surface area contributed by atoms with Crippen molar-refractivity contribution in [2.24, 2.45) is 0 Å². The minimum atomic E-state index is -0.547. The van der Waals surface area contributed by atoms with Crippen LogP contribution >= 0.6 is 0 Å². The van der Waals surface area contributed by atoms with Crippen LogP contribution < -0.4 is 10.6 Å². The molecule has 6 rings (SSSR count). The van der Waals surface area contributed by atoms with Crippen LogP contribution in [-0.4, -0.2) is 68.6 Å². The Morgan fingerprint density at radius 2 is 2.06 bits per heavy atom. The van der Waals surface area contributed by atoms with Gasteiger partial charge in [-0.25, -0.2) is 9.78 Å². The number of nitrogens with one attached hydrogen (secondary N) is 3. The molecule has 10 nitrogen and oxygen atoms in total. The molecular weight excluding hydrogens is 422 g/mol. The van der Waals surface area contributed by atoms with Gasteiger partial charge in [0.05, 0.1) is 5.52 Å². The number of H-pyrrole nitrogens is 1. The zero-order valence-electron chi connectivity index (χ0n) is 18.5. The topological polar surface area (TPSA) is 117 Å². The summed E-state index contributed by atoms with van der Waals surface area (Å²) in [7, 11) is 0. The summed E-state index contributed by atoms with van der Waals surface area (Å²) in [6.07, 6.45) is 5.48. The summed E-state index contributed by atoms with van der Waals surface area (Å²) in [4.78, 5) is 23.2. The van der Waals surface area contributed by atoms with Gasteiger partial charge in [0, 0.05) is 54.1 Å². The van der Waals surface area contributed by atoms with Crippen molar-refractivity contribution in [3.8, 4) is 0 Å². The maximum absolute atomic E-state index is 11.3. The van der Waals surface area contributed by atoms with Gasteiger partial charge in [-0.3, -0.25) is 15.0 Å². The van der Waals surface area contributed by atoms with Gasteiger partial charge in [0.2, 0.25) is 0 Å². The molecule has 3 N–H and O–H groups in total. The van der Waals surface area contributed by atoms with Crippen molar-refractivity contribution in [1.29, 1.82) is 0 Å². The number of aromatic nitrogens is 4. The number of carbonyl (C=O) groups excluding carboxylic acids is 1. The van der Waals surface area contributed by atoms with E-state index in [4.69, 9.17) is 14.5 Å². The van der Waals surface area contributed by atoms with E-state index in [0.717, 1.165) is 47.6 Å². The Labute approximate surface area is 191 Å². The van der Waals surface area contributed by atoms with Crippen LogP contribution in [0.4, 0.5) is 22.2 Å². The molecule has 3 fully saturated rings. The molecule has 0 amide bonds. The summed E-state index contributed by atoms with van der Waals surface area (Å²) in [5, 5.41) is 15.2. The minimum Gasteiger partial charge on any atom is -0.430 e. The second-order valence-corrected chi connectivity index (χ2v) is 9.18. The summed E-state index contributed by atoms with van der Waals surface area (Å²) in [5.41, 5.74) is 1.86.